The summed E-state index contributed by atoms with van der Waals surface area (Å²) in [5.74, 6) is 1.61. The summed E-state index contributed by atoms with van der Waals surface area (Å²) in [5.41, 5.74) is 3.46. The van der Waals surface area contributed by atoms with E-state index in [1.54, 1.807) is 30.3 Å². The molecule has 5 nitrogen and oxygen atoms in total. The zero-order valence-corrected chi connectivity index (χ0v) is 14.2. The second kappa shape index (κ2) is 6.49. The van der Waals surface area contributed by atoms with Gasteiger partial charge in [0.05, 0.1) is 29.5 Å². The molecule has 3 aromatic rings. The summed E-state index contributed by atoms with van der Waals surface area (Å²) in [4.78, 5) is 4.73. The van der Waals surface area contributed by atoms with Crippen LogP contribution in [-0.2, 0) is 6.54 Å². The number of imidazole rings is 1. The first-order chi connectivity index (χ1) is 11.8. The summed E-state index contributed by atoms with van der Waals surface area (Å²) in [6.45, 7) is 2.74. The average Bonchev–Trinajstić information content (AvgIpc) is 3.36. The van der Waals surface area contributed by atoms with Crippen LogP contribution in [0, 0.1) is 5.82 Å². The minimum atomic E-state index is -0.231. The summed E-state index contributed by atoms with van der Waals surface area (Å²) in [6.07, 6.45) is 3.94. The largest absolute Gasteiger partial charge is 0.321 e. The van der Waals surface area contributed by atoms with Crippen LogP contribution in [0.25, 0.3) is 22.4 Å². The molecule has 1 aromatic carbocycles. The highest BCUT2D eigenvalue weighted by Gasteiger charge is 2.29. The molecule has 1 fully saturated rings. The Morgan fingerprint density at radius 2 is 2.21 bits per heavy atom. The van der Waals surface area contributed by atoms with Gasteiger partial charge >= 0.3 is 0 Å². The molecule has 0 aliphatic heterocycles. The molecule has 1 aliphatic rings. The zero-order valence-electron chi connectivity index (χ0n) is 13.4. The SMILES string of the molecule is CCSNCc1cc(-c2nc3ccc(F)cc3n2C2CC2)cnn1. The summed E-state index contributed by atoms with van der Waals surface area (Å²) < 4.78 is 19.1. The van der Waals surface area contributed by atoms with Gasteiger partial charge in [-0.3, -0.25) is 4.72 Å². The molecule has 24 heavy (non-hydrogen) atoms. The van der Waals surface area contributed by atoms with Crippen LogP contribution in [0.15, 0.2) is 30.5 Å². The van der Waals surface area contributed by atoms with Crippen molar-refractivity contribution in [3.8, 4) is 11.4 Å². The lowest BCUT2D eigenvalue weighted by Crippen LogP contribution is -2.07. The maximum absolute atomic E-state index is 13.7. The van der Waals surface area contributed by atoms with Crippen molar-refractivity contribution in [3.63, 3.8) is 0 Å². The van der Waals surface area contributed by atoms with Gasteiger partial charge in [0.25, 0.3) is 0 Å². The zero-order chi connectivity index (χ0) is 16.5. The standard InChI is InChI=1S/C17H18FN5S/c1-2-24-20-10-13-7-11(9-19-22-13)17-21-15-6-3-12(18)8-16(15)23(17)14-4-5-14/h3,6-9,14,20H,2,4-5,10H2,1H3. The Balaban J connectivity index is 1.76. The molecule has 1 N–H and O–H groups in total. The third-order valence-corrected chi connectivity index (χ3v) is 4.66. The fraction of sp³-hybridized carbons (Fsp3) is 0.353. The van der Waals surface area contributed by atoms with E-state index < -0.39 is 0 Å². The molecular formula is C17H18FN5S. The number of rotatable bonds is 6. The number of nitrogens with zero attached hydrogens (tertiary/aromatic N) is 4. The molecule has 124 valence electrons. The first-order valence-corrected chi connectivity index (χ1v) is 9.09. The molecular weight excluding hydrogens is 325 g/mol. The summed E-state index contributed by atoms with van der Waals surface area (Å²) in [6, 6.07) is 7.17. The van der Waals surface area contributed by atoms with E-state index in [2.05, 4.69) is 26.4 Å². The van der Waals surface area contributed by atoms with Crippen LogP contribution in [0.3, 0.4) is 0 Å². The number of aromatic nitrogens is 4. The lowest BCUT2D eigenvalue weighted by molar-refractivity contribution is 0.628. The van der Waals surface area contributed by atoms with Crippen LogP contribution in [0.1, 0.15) is 31.5 Å². The minimum absolute atomic E-state index is 0.231. The molecule has 0 radical (unpaired) electrons. The van der Waals surface area contributed by atoms with E-state index in [-0.39, 0.29) is 5.82 Å². The van der Waals surface area contributed by atoms with Crippen LogP contribution in [0.5, 0.6) is 0 Å². The Morgan fingerprint density at radius 1 is 1.33 bits per heavy atom. The van der Waals surface area contributed by atoms with Crippen molar-refractivity contribution >= 4 is 23.0 Å². The molecule has 7 heteroatoms. The van der Waals surface area contributed by atoms with Gasteiger partial charge in [-0.1, -0.05) is 18.9 Å². The van der Waals surface area contributed by atoms with Crippen molar-refractivity contribution in [1.29, 1.82) is 0 Å². The third-order valence-electron chi connectivity index (χ3n) is 4.03. The third kappa shape index (κ3) is 3.01. The second-order valence-corrected chi connectivity index (χ2v) is 7.01. The first-order valence-electron chi connectivity index (χ1n) is 8.10. The molecule has 0 amide bonds. The van der Waals surface area contributed by atoms with Crippen molar-refractivity contribution in [1.82, 2.24) is 24.5 Å². The Morgan fingerprint density at radius 3 is 3.00 bits per heavy atom. The molecule has 0 bridgehead atoms. The number of hydrogen-bond acceptors (Lipinski definition) is 5. The normalized spacial score (nSPS) is 14.4. The molecule has 1 aliphatic carbocycles. The molecule has 2 heterocycles. The topological polar surface area (TPSA) is 55.6 Å². The summed E-state index contributed by atoms with van der Waals surface area (Å²) in [7, 11) is 0. The predicted molar refractivity (Wildman–Crippen MR) is 94.0 cm³/mol. The van der Waals surface area contributed by atoms with E-state index in [1.165, 1.54) is 6.07 Å². The maximum atomic E-state index is 13.7. The highest BCUT2D eigenvalue weighted by atomic mass is 32.2. The Hall–Kier alpha value is -1.99. The van der Waals surface area contributed by atoms with Gasteiger partial charge in [-0.25, -0.2) is 9.37 Å². The highest BCUT2D eigenvalue weighted by Crippen LogP contribution is 2.41. The molecule has 4 rings (SSSR count). The Kier molecular flexibility index (Phi) is 4.20. The average molecular weight is 343 g/mol. The smallest absolute Gasteiger partial charge is 0.143 e. The van der Waals surface area contributed by atoms with E-state index in [9.17, 15) is 4.39 Å². The van der Waals surface area contributed by atoms with Crippen LogP contribution < -0.4 is 4.72 Å². The van der Waals surface area contributed by atoms with E-state index in [1.807, 2.05) is 6.07 Å². The van der Waals surface area contributed by atoms with Crippen molar-refractivity contribution in [3.05, 3.63) is 42.0 Å². The number of nitrogens with one attached hydrogen (secondary N) is 1. The van der Waals surface area contributed by atoms with Crippen LogP contribution in [-0.4, -0.2) is 25.5 Å². The molecule has 0 spiro atoms. The van der Waals surface area contributed by atoms with E-state index in [0.717, 1.165) is 46.7 Å². The Bertz CT molecular complexity index is 875. The molecule has 0 unspecified atom stereocenters. The van der Waals surface area contributed by atoms with Crippen LogP contribution in [0.2, 0.25) is 0 Å². The van der Waals surface area contributed by atoms with Crippen molar-refractivity contribution in [2.24, 2.45) is 0 Å². The number of halogens is 1. The van der Waals surface area contributed by atoms with E-state index in [4.69, 9.17) is 4.98 Å². The van der Waals surface area contributed by atoms with Gasteiger partial charge in [0.15, 0.2) is 0 Å². The van der Waals surface area contributed by atoms with Crippen LogP contribution in [0.4, 0.5) is 4.39 Å². The van der Waals surface area contributed by atoms with E-state index in [0.29, 0.717) is 12.6 Å². The lowest BCUT2D eigenvalue weighted by Gasteiger charge is -2.08. The Labute approximate surface area is 143 Å². The summed E-state index contributed by atoms with van der Waals surface area (Å²) in [5, 5.41) is 8.29. The number of benzene rings is 1. The molecule has 0 saturated heterocycles. The lowest BCUT2D eigenvalue weighted by atomic mass is 10.2. The van der Waals surface area contributed by atoms with Gasteiger partial charge in [0.1, 0.15) is 11.6 Å². The van der Waals surface area contributed by atoms with Gasteiger partial charge < -0.3 is 4.57 Å². The fourth-order valence-corrected chi connectivity index (χ4v) is 3.27. The predicted octanol–water partition coefficient (Wildman–Crippen LogP) is 3.73. The highest BCUT2D eigenvalue weighted by molar-refractivity contribution is 7.97. The summed E-state index contributed by atoms with van der Waals surface area (Å²) >= 11 is 1.65. The van der Waals surface area contributed by atoms with Gasteiger partial charge in [0.2, 0.25) is 0 Å². The van der Waals surface area contributed by atoms with Crippen molar-refractivity contribution in [2.75, 3.05) is 5.75 Å². The van der Waals surface area contributed by atoms with Gasteiger partial charge in [-0.2, -0.15) is 10.2 Å². The van der Waals surface area contributed by atoms with Crippen LogP contribution >= 0.6 is 11.9 Å². The van der Waals surface area contributed by atoms with Crippen molar-refractivity contribution < 1.29 is 4.39 Å². The fourth-order valence-electron chi connectivity index (χ4n) is 2.82. The molecule has 2 aromatic heterocycles. The quantitative estimate of drug-likeness (QED) is 0.546. The number of fused-ring (bicyclic) bond motifs is 1. The minimum Gasteiger partial charge on any atom is -0.321 e. The monoisotopic (exact) mass is 343 g/mol. The number of hydrogen-bond donors (Lipinski definition) is 1. The second-order valence-electron chi connectivity index (χ2n) is 5.86. The van der Waals surface area contributed by atoms with Gasteiger partial charge in [-0.15, -0.1) is 0 Å². The first kappa shape index (κ1) is 15.5. The molecule has 1 saturated carbocycles. The maximum Gasteiger partial charge on any atom is 0.143 e. The van der Waals surface area contributed by atoms with Gasteiger partial charge in [0, 0.05) is 17.4 Å². The molecule has 0 atom stereocenters. The van der Waals surface area contributed by atoms with E-state index >= 15 is 0 Å². The van der Waals surface area contributed by atoms with Gasteiger partial charge in [-0.05, 0) is 37.1 Å². The van der Waals surface area contributed by atoms with Crippen molar-refractivity contribution in [2.45, 2.75) is 32.4 Å².